The first-order chi connectivity index (χ1) is 10.9. The highest BCUT2D eigenvalue weighted by Crippen LogP contribution is 2.21. The lowest BCUT2D eigenvalue weighted by molar-refractivity contribution is 0.110. The fourth-order valence-electron chi connectivity index (χ4n) is 3.67. The van der Waals surface area contributed by atoms with Crippen LogP contribution in [0.4, 0.5) is 0 Å². The monoisotopic (exact) mass is 342 g/mol. The van der Waals surface area contributed by atoms with Crippen molar-refractivity contribution in [3.63, 3.8) is 0 Å². The zero-order chi connectivity index (χ0) is 18.4. The van der Waals surface area contributed by atoms with Crippen LogP contribution in [0.5, 0.6) is 0 Å². The van der Waals surface area contributed by atoms with E-state index in [1.165, 1.54) is 0 Å². The van der Waals surface area contributed by atoms with Gasteiger partial charge < -0.3 is 20.8 Å². The van der Waals surface area contributed by atoms with Gasteiger partial charge in [0.1, 0.15) is 0 Å². The van der Waals surface area contributed by atoms with Crippen LogP contribution in [0.3, 0.4) is 0 Å². The van der Waals surface area contributed by atoms with Crippen LogP contribution in [-0.4, -0.2) is 45.6 Å². The maximum atomic E-state index is 9.30. The van der Waals surface area contributed by atoms with Crippen LogP contribution in [0.25, 0.3) is 0 Å². The van der Waals surface area contributed by atoms with E-state index in [0.29, 0.717) is 12.1 Å². The van der Waals surface area contributed by atoms with Crippen LogP contribution in [0.2, 0.25) is 0 Å². The molecule has 2 fully saturated rings. The highest BCUT2D eigenvalue weighted by molar-refractivity contribution is 4.83. The molecule has 2 aliphatic carbocycles. The molecule has 0 aliphatic heterocycles. The molecule has 2 rings (SSSR count). The van der Waals surface area contributed by atoms with E-state index < -0.39 is 0 Å². The Kier molecular flexibility index (Phi) is 8.67. The summed E-state index contributed by atoms with van der Waals surface area (Å²) >= 11 is 0. The minimum atomic E-state index is -0.0389. The van der Waals surface area contributed by atoms with Gasteiger partial charge in [-0.2, -0.15) is 0 Å². The van der Waals surface area contributed by atoms with Crippen molar-refractivity contribution in [2.45, 2.75) is 128 Å². The summed E-state index contributed by atoms with van der Waals surface area (Å²) in [5.74, 6) is 0. The lowest BCUT2D eigenvalue weighted by Crippen LogP contribution is -2.45. The third-order valence-electron chi connectivity index (χ3n) is 4.67. The summed E-state index contributed by atoms with van der Waals surface area (Å²) < 4.78 is 0. The van der Waals surface area contributed by atoms with Gasteiger partial charge in [-0.05, 0) is 92.9 Å². The number of hydrogen-bond acceptors (Lipinski definition) is 4. The predicted molar refractivity (Wildman–Crippen MR) is 102 cm³/mol. The summed E-state index contributed by atoms with van der Waals surface area (Å²) in [5.41, 5.74) is 0.430. The van der Waals surface area contributed by atoms with Crippen LogP contribution in [0, 0.1) is 0 Å². The van der Waals surface area contributed by atoms with Gasteiger partial charge in [0.2, 0.25) is 0 Å². The molecule has 0 aromatic rings. The fraction of sp³-hybridized carbons (Fsp3) is 1.00. The van der Waals surface area contributed by atoms with E-state index in [4.69, 9.17) is 0 Å². The average Bonchev–Trinajstić information content (AvgIpc) is 2.42. The van der Waals surface area contributed by atoms with Crippen molar-refractivity contribution in [1.82, 2.24) is 10.6 Å². The van der Waals surface area contributed by atoms with Gasteiger partial charge in [0.15, 0.2) is 0 Å². The predicted octanol–water partition coefficient (Wildman–Crippen LogP) is 3.36. The Bertz CT molecular complexity index is 297. The van der Waals surface area contributed by atoms with E-state index in [-0.39, 0.29) is 23.3 Å². The molecule has 0 aromatic carbocycles. The Labute approximate surface area is 149 Å². The van der Waals surface area contributed by atoms with Crippen LogP contribution >= 0.6 is 0 Å². The summed E-state index contributed by atoms with van der Waals surface area (Å²) in [6.07, 6.45) is 8.28. The summed E-state index contributed by atoms with van der Waals surface area (Å²) in [7, 11) is 0. The lowest BCUT2D eigenvalue weighted by Gasteiger charge is -2.32. The van der Waals surface area contributed by atoms with Crippen molar-refractivity contribution in [1.29, 1.82) is 0 Å². The molecule has 2 aliphatic rings. The van der Waals surface area contributed by atoms with E-state index >= 15 is 0 Å². The van der Waals surface area contributed by atoms with Crippen molar-refractivity contribution in [3.05, 3.63) is 0 Å². The van der Waals surface area contributed by atoms with Gasteiger partial charge in [-0.25, -0.2) is 0 Å². The lowest BCUT2D eigenvalue weighted by atomic mass is 9.91. The standard InChI is InChI=1S/2C10H21NO/c2*1-10(2,3)11-8-4-6-9(12)7-5-8/h2*8-9,11-12H,4-7H2,1-3H3. The van der Waals surface area contributed by atoms with Gasteiger partial charge in [0.25, 0.3) is 0 Å². The quantitative estimate of drug-likeness (QED) is 0.621. The zero-order valence-corrected chi connectivity index (χ0v) is 16.9. The van der Waals surface area contributed by atoms with Gasteiger partial charge in [0, 0.05) is 23.2 Å². The Morgan fingerprint density at radius 2 is 0.792 bits per heavy atom. The molecule has 0 spiro atoms. The Morgan fingerprint density at radius 3 is 1.00 bits per heavy atom. The van der Waals surface area contributed by atoms with E-state index in [2.05, 4.69) is 52.2 Å². The second-order valence-corrected chi connectivity index (χ2v) is 9.80. The van der Waals surface area contributed by atoms with Crippen LogP contribution in [0.15, 0.2) is 0 Å². The first kappa shape index (κ1) is 21.9. The molecule has 4 heteroatoms. The molecular weight excluding hydrogens is 300 g/mol. The van der Waals surface area contributed by atoms with Crippen LogP contribution < -0.4 is 10.6 Å². The van der Waals surface area contributed by atoms with Crippen molar-refractivity contribution in [2.75, 3.05) is 0 Å². The number of hydrogen-bond donors (Lipinski definition) is 4. The third-order valence-corrected chi connectivity index (χ3v) is 4.67. The first-order valence-electron chi connectivity index (χ1n) is 9.86. The Hall–Kier alpha value is -0.160. The minimum absolute atomic E-state index is 0.0389. The number of aliphatic hydroxyl groups is 2. The molecule has 4 N–H and O–H groups in total. The topological polar surface area (TPSA) is 64.5 Å². The average molecular weight is 343 g/mol. The minimum Gasteiger partial charge on any atom is -0.393 e. The van der Waals surface area contributed by atoms with Crippen molar-refractivity contribution in [2.24, 2.45) is 0 Å². The van der Waals surface area contributed by atoms with Crippen molar-refractivity contribution >= 4 is 0 Å². The smallest absolute Gasteiger partial charge is 0.0541 e. The molecule has 0 unspecified atom stereocenters. The summed E-state index contributed by atoms with van der Waals surface area (Å²) in [6.45, 7) is 13.2. The second kappa shape index (κ2) is 9.51. The van der Waals surface area contributed by atoms with Gasteiger partial charge >= 0.3 is 0 Å². The Balaban J connectivity index is 0.000000240. The number of rotatable bonds is 2. The molecule has 0 amide bonds. The van der Waals surface area contributed by atoms with Gasteiger partial charge in [0.05, 0.1) is 12.2 Å². The maximum Gasteiger partial charge on any atom is 0.0541 e. The molecular formula is C20H42N2O2. The van der Waals surface area contributed by atoms with Gasteiger partial charge in [-0.3, -0.25) is 0 Å². The van der Waals surface area contributed by atoms with E-state index in [1.807, 2.05) is 0 Å². The third kappa shape index (κ3) is 10.7. The summed E-state index contributed by atoms with van der Waals surface area (Å²) in [4.78, 5) is 0. The molecule has 0 radical (unpaired) electrons. The SMILES string of the molecule is CC(C)(C)NC1CCC(O)CC1.CC(C)(C)NC1CCC(O)CC1. The first-order valence-corrected chi connectivity index (χ1v) is 9.86. The van der Waals surface area contributed by atoms with Crippen molar-refractivity contribution in [3.8, 4) is 0 Å². The number of aliphatic hydroxyl groups excluding tert-OH is 2. The van der Waals surface area contributed by atoms with Crippen LogP contribution in [-0.2, 0) is 0 Å². The zero-order valence-electron chi connectivity index (χ0n) is 16.9. The largest absolute Gasteiger partial charge is 0.393 e. The van der Waals surface area contributed by atoms with Gasteiger partial charge in [-0.15, -0.1) is 0 Å². The highest BCUT2D eigenvalue weighted by Gasteiger charge is 2.23. The molecule has 24 heavy (non-hydrogen) atoms. The molecule has 0 heterocycles. The molecule has 0 saturated heterocycles. The van der Waals surface area contributed by atoms with E-state index in [1.54, 1.807) is 0 Å². The Morgan fingerprint density at radius 1 is 0.542 bits per heavy atom. The molecule has 4 nitrogen and oxygen atoms in total. The fourth-order valence-corrected chi connectivity index (χ4v) is 3.67. The van der Waals surface area contributed by atoms with E-state index in [0.717, 1.165) is 51.4 Å². The molecule has 0 bridgehead atoms. The van der Waals surface area contributed by atoms with Crippen molar-refractivity contribution < 1.29 is 10.2 Å². The maximum absolute atomic E-state index is 9.30. The molecule has 144 valence electrons. The second-order valence-electron chi connectivity index (χ2n) is 9.80. The highest BCUT2D eigenvalue weighted by atomic mass is 16.3. The molecule has 0 aromatic heterocycles. The molecule has 2 saturated carbocycles. The molecule has 0 atom stereocenters. The van der Waals surface area contributed by atoms with Crippen LogP contribution in [0.1, 0.15) is 92.9 Å². The summed E-state index contributed by atoms with van der Waals surface area (Å²) in [6, 6.07) is 1.24. The summed E-state index contributed by atoms with van der Waals surface area (Å²) in [5, 5.41) is 25.7. The van der Waals surface area contributed by atoms with Gasteiger partial charge in [-0.1, -0.05) is 0 Å². The number of nitrogens with one attached hydrogen (secondary N) is 2. The normalized spacial score (nSPS) is 32.0. The van der Waals surface area contributed by atoms with E-state index in [9.17, 15) is 10.2 Å².